The van der Waals surface area contributed by atoms with Gasteiger partial charge in [-0.3, -0.25) is 0 Å². The molecule has 0 N–H and O–H groups in total. The quantitative estimate of drug-likeness (QED) is 0.128. The minimum Gasteiger partial charge on any atom is -0.318 e. The smallest absolute Gasteiger partial charge is 0.212 e. The molecule has 19 rings (SSSR count). The van der Waals surface area contributed by atoms with E-state index in [0.29, 0.717) is 27.5 Å². The van der Waals surface area contributed by atoms with Crippen LogP contribution < -0.4 is 0 Å². The molecule has 0 aliphatic carbocycles. The molecule has 0 fully saturated rings. The highest BCUT2D eigenvalue weighted by Crippen LogP contribution is 2.54. The summed E-state index contributed by atoms with van der Waals surface area (Å²) in [5, 5.41) is 6.79. The van der Waals surface area contributed by atoms with Crippen molar-refractivity contribution in [2.75, 3.05) is 0 Å². The Balaban J connectivity index is 1.05. The maximum Gasteiger partial charge on any atom is 0.212 e. The molecular weight excluding hydrogens is 1210 g/mol. The average Bonchev–Trinajstić information content (AvgIpc) is 1.54. The molecule has 0 spiro atoms. The van der Waals surface area contributed by atoms with Gasteiger partial charge in [0.25, 0.3) is 0 Å². The van der Waals surface area contributed by atoms with Crippen LogP contribution in [-0.2, 0) is 0 Å². The van der Waals surface area contributed by atoms with Crippen molar-refractivity contribution >= 4 is 112 Å². The van der Waals surface area contributed by atoms with Gasteiger partial charge in [0.1, 0.15) is 0 Å². The second kappa shape index (κ2) is 22.4. The van der Waals surface area contributed by atoms with E-state index in [1.54, 1.807) is 22.7 Å². The topological polar surface area (TPSA) is 52.9 Å². The third-order valence-electron chi connectivity index (χ3n) is 18.1. The molecule has 5 heterocycles. The van der Waals surface area contributed by atoms with Gasteiger partial charge in [0.2, 0.25) is 5.69 Å². The SMILES string of the molecule is [2H]c1c([2H])c([2H])c(-c2nc(-c3cc([N+]#[C-])c(-n4c5ccc(-c6ccccc6)cc5c5c6sc7ccc(-c8ccccc8)cc7c6ccc54)c(-c4c([2H])c([2H])c([2H])c([2H])c4[2H])c3-n3c4ccc(-c5ccccc5)cc4c4c5sc6ccc(-c7ccccc7)cc6c5ccc43)nc(-c3c([2H])c([2H])c([2H])c([2H])c3[2H])n2)c([2H])c1[2H]. The largest absolute Gasteiger partial charge is 0.318 e. The first-order chi connectivity index (χ1) is 53.8. The van der Waals surface area contributed by atoms with Gasteiger partial charge in [0, 0.05) is 84.1 Å². The third-order valence-corrected chi connectivity index (χ3v) is 20.5. The van der Waals surface area contributed by atoms with E-state index in [4.69, 9.17) is 23.2 Å². The van der Waals surface area contributed by atoms with E-state index in [1.165, 1.54) is 6.07 Å². The molecular formula is C88H52N6S2. The van der Waals surface area contributed by atoms with E-state index in [2.05, 4.69) is 83.7 Å². The number of fused-ring (bicyclic) bond motifs is 14. The number of benzene rings is 14. The predicted molar refractivity (Wildman–Crippen MR) is 404 cm³/mol. The molecule has 8 heteroatoms. The van der Waals surface area contributed by atoms with Gasteiger partial charge in [0.05, 0.1) is 60.6 Å². The maximum atomic E-state index is 10.4. The van der Waals surface area contributed by atoms with Crippen LogP contribution in [0.5, 0.6) is 0 Å². The fourth-order valence-electron chi connectivity index (χ4n) is 13.8. The number of rotatable bonds is 10. The van der Waals surface area contributed by atoms with Crippen LogP contribution in [0.2, 0.25) is 0 Å². The van der Waals surface area contributed by atoms with E-state index in [-0.39, 0.29) is 33.8 Å². The molecule has 0 atom stereocenters. The first-order valence-electron chi connectivity index (χ1n) is 38.4. The van der Waals surface area contributed by atoms with Crippen molar-refractivity contribution in [3.05, 3.63) is 327 Å². The number of hydrogen-bond acceptors (Lipinski definition) is 5. The molecule has 0 unspecified atom stereocenters. The zero-order chi connectivity index (χ0) is 76.4. The summed E-state index contributed by atoms with van der Waals surface area (Å²) < 4.78 is 148. The van der Waals surface area contributed by atoms with Gasteiger partial charge in [-0.25, -0.2) is 19.8 Å². The third kappa shape index (κ3) is 8.94. The van der Waals surface area contributed by atoms with Gasteiger partial charge in [-0.15, -0.1) is 22.7 Å². The predicted octanol–water partition coefficient (Wildman–Crippen LogP) is 24.7. The molecule has 14 aromatic carbocycles. The molecule has 0 aliphatic rings. The zero-order valence-corrected chi connectivity index (χ0v) is 52.0. The van der Waals surface area contributed by atoms with Gasteiger partial charge < -0.3 is 9.13 Å². The Morgan fingerprint density at radius 1 is 0.312 bits per heavy atom. The van der Waals surface area contributed by atoms with Crippen LogP contribution in [0.4, 0.5) is 5.69 Å². The van der Waals surface area contributed by atoms with Crippen LogP contribution in [0, 0.1) is 6.57 Å². The Bertz CT molecular complexity index is 7170. The van der Waals surface area contributed by atoms with Crippen LogP contribution in [0.25, 0.3) is 190 Å². The summed E-state index contributed by atoms with van der Waals surface area (Å²) in [6.45, 7) is 9.76. The molecule has 0 aliphatic heterocycles. The summed E-state index contributed by atoms with van der Waals surface area (Å²) >= 11 is 3.18. The maximum absolute atomic E-state index is 10.4. The Morgan fingerprint density at radius 3 is 1.09 bits per heavy atom. The van der Waals surface area contributed by atoms with Gasteiger partial charge in [0.15, 0.2) is 17.5 Å². The van der Waals surface area contributed by atoms with Crippen molar-refractivity contribution < 1.29 is 20.6 Å². The van der Waals surface area contributed by atoms with E-state index in [1.807, 2.05) is 149 Å². The lowest BCUT2D eigenvalue weighted by molar-refractivity contribution is 1.06. The van der Waals surface area contributed by atoms with Crippen molar-refractivity contribution in [3.63, 3.8) is 0 Å². The Hall–Kier alpha value is -12.4. The highest BCUT2D eigenvalue weighted by Gasteiger charge is 2.31. The molecule has 19 aromatic rings. The van der Waals surface area contributed by atoms with Gasteiger partial charge in [-0.1, -0.05) is 248 Å². The first kappa shape index (κ1) is 42.0. The average molecular weight is 1270 g/mol. The standard InChI is InChI=1S/C88H52N6S2/c1-89-72-53-71(88-91-86(59-33-19-7-20-34-59)90-87(92-88)60-35-21-8-22-36-60)82(93-73-43-37-61(54-23-9-2-10-24-54)51-69(73)80-75(93)45-41-65-67-49-63(56-27-13-4-14-28-56)39-47-77(67)95-84(65)80)79(58-31-17-6-18-32-58)83(72)94-74-44-38-62(55-25-11-3-12-26-55)52-70(74)81-76(94)46-42-66-68-50-64(57-29-15-5-16-30-57)40-48-78(68)96-85(66)81/h2-53H/i6D,7D,8D,17D,18D,19D,20D,21D,22D,31D,32D,33D,34D,35D,36D. The fourth-order valence-corrected chi connectivity index (χ4v) is 16.3. The second-order valence-electron chi connectivity index (χ2n) is 23.3. The molecule has 0 radical (unpaired) electrons. The monoisotopic (exact) mass is 1270 g/mol. The molecule has 0 saturated heterocycles. The zero-order valence-electron chi connectivity index (χ0n) is 65.4. The fraction of sp³-hybridized carbons (Fsp3) is 0. The van der Waals surface area contributed by atoms with Crippen molar-refractivity contribution in [2.24, 2.45) is 0 Å². The van der Waals surface area contributed by atoms with E-state index in [9.17, 15) is 18.9 Å². The van der Waals surface area contributed by atoms with Crippen molar-refractivity contribution in [1.29, 1.82) is 0 Å². The lowest BCUT2D eigenvalue weighted by atomic mass is 9.94. The molecule has 6 nitrogen and oxygen atoms in total. The lowest BCUT2D eigenvalue weighted by Gasteiger charge is -2.24. The van der Waals surface area contributed by atoms with Crippen LogP contribution >= 0.6 is 22.7 Å². The summed E-state index contributed by atoms with van der Waals surface area (Å²) in [6.07, 6.45) is 0. The number of nitrogens with zero attached hydrogens (tertiary/aromatic N) is 6. The summed E-state index contributed by atoms with van der Waals surface area (Å²) in [5.41, 5.74) is 7.87. The highest BCUT2D eigenvalue weighted by atomic mass is 32.1. The summed E-state index contributed by atoms with van der Waals surface area (Å²) in [5.74, 6) is -1.64. The summed E-state index contributed by atoms with van der Waals surface area (Å²) in [7, 11) is 0. The van der Waals surface area contributed by atoms with Crippen molar-refractivity contribution in [2.45, 2.75) is 0 Å². The van der Waals surface area contributed by atoms with Crippen LogP contribution in [0.1, 0.15) is 20.6 Å². The number of thiophene rings is 2. The van der Waals surface area contributed by atoms with E-state index < -0.39 is 119 Å². The Labute approximate surface area is 581 Å². The van der Waals surface area contributed by atoms with Gasteiger partial charge in [-0.2, -0.15) is 0 Å². The normalized spacial score (nSPS) is 13.9. The number of hydrogen-bond donors (Lipinski definition) is 0. The molecule has 96 heavy (non-hydrogen) atoms. The van der Waals surface area contributed by atoms with Gasteiger partial charge >= 0.3 is 0 Å². The Morgan fingerprint density at radius 2 is 0.677 bits per heavy atom. The van der Waals surface area contributed by atoms with Crippen molar-refractivity contribution in [1.82, 2.24) is 24.1 Å². The summed E-state index contributed by atoms with van der Waals surface area (Å²) in [6, 6.07) is 63.4. The lowest BCUT2D eigenvalue weighted by Crippen LogP contribution is -2.08. The van der Waals surface area contributed by atoms with Crippen LogP contribution in [-0.4, -0.2) is 24.1 Å². The molecule has 0 saturated carbocycles. The molecule has 446 valence electrons. The first-order valence-corrected chi connectivity index (χ1v) is 32.6. The Kier molecular flexibility index (Phi) is 9.81. The number of aromatic nitrogens is 5. The van der Waals surface area contributed by atoms with Crippen LogP contribution in [0.3, 0.4) is 0 Å². The molecule has 0 amide bonds. The van der Waals surface area contributed by atoms with Crippen molar-refractivity contribution in [3.8, 4) is 101 Å². The molecule has 0 bridgehead atoms. The highest BCUT2D eigenvalue weighted by molar-refractivity contribution is 7.27. The second-order valence-corrected chi connectivity index (χ2v) is 25.4. The van der Waals surface area contributed by atoms with Crippen LogP contribution in [0.15, 0.2) is 315 Å². The van der Waals surface area contributed by atoms with Gasteiger partial charge in [-0.05, 0) is 117 Å². The van der Waals surface area contributed by atoms with E-state index in [0.717, 1.165) is 101 Å². The minimum atomic E-state index is -0.767. The molecule has 5 aromatic heterocycles. The summed E-state index contributed by atoms with van der Waals surface area (Å²) in [4.78, 5) is 19.4. The van der Waals surface area contributed by atoms with E-state index >= 15 is 0 Å². The minimum absolute atomic E-state index is 0.00715.